The first kappa shape index (κ1) is 19.6. The molecule has 0 amide bonds. The minimum absolute atomic E-state index is 0.383. The molecule has 1 atom stereocenters. The van der Waals surface area contributed by atoms with Crippen molar-refractivity contribution in [2.75, 3.05) is 0 Å². The van der Waals surface area contributed by atoms with E-state index in [9.17, 15) is 13.2 Å². The van der Waals surface area contributed by atoms with Gasteiger partial charge in [-0.25, -0.2) is 8.42 Å². The number of carbonyl (C=O) groups excluding carboxylic acids is 1. The predicted molar refractivity (Wildman–Crippen MR) is 103 cm³/mol. The summed E-state index contributed by atoms with van der Waals surface area (Å²) in [6.07, 6.45) is -1.13. The Morgan fingerprint density at radius 2 is 1.23 bits per heavy atom. The maximum Gasteiger partial charge on any atom is 0.258 e. The third-order valence-electron chi connectivity index (χ3n) is 3.53. The van der Waals surface area contributed by atoms with Gasteiger partial charge in [0.2, 0.25) is 0 Å². The molecule has 5 heteroatoms. The minimum Gasteiger partial charge on any atom is -0.291 e. The van der Waals surface area contributed by atoms with Crippen LogP contribution in [0.2, 0.25) is 0 Å². The van der Waals surface area contributed by atoms with E-state index < -0.39 is 17.1 Å². The molecule has 0 saturated carbocycles. The maximum atomic E-state index is 12.3. The number of aryl methyl sites for hydroxylation is 1. The molecule has 0 aliphatic heterocycles. The SMILES string of the molecule is Cc1ccccc1.O=C(c1ccccc1)C(O[SH](=O)=O)c1ccccc1. The number of rotatable bonds is 5. The van der Waals surface area contributed by atoms with E-state index in [-0.39, 0.29) is 5.78 Å². The van der Waals surface area contributed by atoms with E-state index in [0.29, 0.717) is 11.1 Å². The van der Waals surface area contributed by atoms with E-state index in [1.807, 2.05) is 18.2 Å². The van der Waals surface area contributed by atoms with Gasteiger partial charge in [0.05, 0.1) is 0 Å². The lowest BCUT2D eigenvalue weighted by Gasteiger charge is -2.13. The first-order chi connectivity index (χ1) is 12.6. The van der Waals surface area contributed by atoms with Crippen LogP contribution in [0.5, 0.6) is 0 Å². The molecule has 3 aromatic carbocycles. The van der Waals surface area contributed by atoms with E-state index in [1.165, 1.54) is 5.56 Å². The van der Waals surface area contributed by atoms with E-state index >= 15 is 0 Å². The van der Waals surface area contributed by atoms with Gasteiger partial charge in [-0.05, 0) is 12.5 Å². The van der Waals surface area contributed by atoms with Gasteiger partial charge in [0.1, 0.15) is 0 Å². The fourth-order valence-electron chi connectivity index (χ4n) is 2.26. The van der Waals surface area contributed by atoms with Crippen LogP contribution in [0.15, 0.2) is 91.0 Å². The molecule has 1 unspecified atom stereocenters. The first-order valence-corrected chi connectivity index (χ1v) is 9.14. The van der Waals surface area contributed by atoms with Crippen molar-refractivity contribution in [2.24, 2.45) is 0 Å². The molecule has 3 aromatic rings. The van der Waals surface area contributed by atoms with Gasteiger partial charge in [-0.15, -0.1) is 0 Å². The summed E-state index contributed by atoms with van der Waals surface area (Å²) in [6.45, 7) is 2.08. The lowest BCUT2D eigenvalue weighted by molar-refractivity contribution is 0.0809. The van der Waals surface area contributed by atoms with E-state index in [0.717, 1.165) is 0 Å². The molecule has 0 spiro atoms. The molecule has 0 aliphatic rings. The van der Waals surface area contributed by atoms with Gasteiger partial charge >= 0.3 is 0 Å². The molecule has 4 nitrogen and oxygen atoms in total. The van der Waals surface area contributed by atoms with Crippen LogP contribution < -0.4 is 0 Å². The number of hydrogen-bond donors (Lipinski definition) is 1. The molecule has 0 aliphatic carbocycles. The summed E-state index contributed by atoms with van der Waals surface area (Å²) >= 11 is 0. The Morgan fingerprint density at radius 1 is 0.769 bits per heavy atom. The molecule has 3 rings (SSSR count). The van der Waals surface area contributed by atoms with Crippen LogP contribution in [0.1, 0.15) is 27.6 Å². The second-order valence-electron chi connectivity index (χ2n) is 5.50. The number of thiol groups is 1. The van der Waals surface area contributed by atoms with Crippen molar-refractivity contribution in [1.29, 1.82) is 0 Å². The number of ketones is 1. The van der Waals surface area contributed by atoms with Crippen LogP contribution >= 0.6 is 0 Å². The van der Waals surface area contributed by atoms with Crippen molar-refractivity contribution in [3.05, 3.63) is 108 Å². The molecule has 0 bridgehead atoms. The third kappa shape index (κ3) is 6.27. The van der Waals surface area contributed by atoms with E-state index in [2.05, 4.69) is 19.1 Å². The smallest absolute Gasteiger partial charge is 0.258 e. The van der Waals surface area contributed by atoms with Crippen LogP contribution in [0.3, 0.4) is 0 Å². The summed E-state index contributed by atoms with van der Waals surface area (Å²) in [5, 5.41) is 0. The number of benzene rings is 3. The minimum atomic E-state index is -3.11. The van der Waals surface area contributed by atoms with E-state index in [1.54, 1.807) is 60.7 Å². The zero-order chi connectivity index (χ0) is 18.8. The Labute approximate surface area is 155 Å². The van der Waals surface area contributed by atoms with Gasteiger partial charge in [0.25, 0.3) is 11.0 Å². The van der Waals surface area contributed by atoms with Crippen molar-refractivity contribution in [2.45, 2.75) is 13.0 Å². The molecular formula is C21H20O4S. The van der Waals surface area contributed by atoms with Crippen molar-refractivity contribution >= 4 is 16.8 Å². The van der Waals surface area contributed by atoms with Crippen molar-refractivity contribution in [1.82, 2.24) is 0 Å². The van der Waals surface area contributed by atoms with Gasteiger partial charge in [-0.2, -0.15) is 0 Å². The molecule has 0 N–H and O–H groups in total. The Bertz CT molecular complexity index is 868. The van der Waals surface area contributed by atoms with E-state index in [4.69, 9.17) is 4.18 Å². The fourth-order valence-corrected chi connectivity index (χ4v) is 2.65. The zero-order valence-electron chi connectivity index (χ0n) is 14.3. The van der Waals surface area contributed by atoms with Gasteiger partial charge in [0.15, 0.2) is 11.9 Å². The predicted octanol–water partition coefficient (Wildman–Crippen LogP) is 4.15. The second-order valence-corrected chi connectivity index (χ2v) is 6.16. The first-order valence-electron chi connectivity index (χ1n) is 8.05. The molecule has 0 fully saturated rings. The summed E-state index contributed by atoms with van der Waals surface area (Å²) in [7, 11) is -3.11. The summed E-state index contributed by atoms with van der Waals surface area (Å²) in [4.78, 5) is 12.3. The number of Topliss-reactive ketones (excluding diaryl/α,β-unsaturated/α-hetero) is 1. The second kappa shape index (κ2) is 10.3. The Kier molecular flexibility index (Phi) is 7.74. The van der Waals surface area contributed by atoms with Gasteiger partial charge in [-0.1, -0.05) is 96.6 Å². The molecule has 134 valence electrons. The van der Waals surface area contributed by atoms with Crippen LogP contribution in [0, 0.1) is 6.92 Å². The standard InChI is InChI=1S/C14H12O4S.C7H8/c15-13(11-7-3-1-4-8-11)14(18-19(16)17)12-9-5-2-6-10-12;1-7-5-3-2-4-6-7/h1-10,14,19H;2-6H,1H3. The summed E-state index contributed by atoms with van der Waals surface area (Å²) < 4.78 is 26.3. The van der Waals surface area contributed by atoms with Crippen LogP contribution in [-0.2, 0) is 15.2 Å². The van der Waals surface area contributed by atoms with Gasteiger partial charge in [0, 0.05) is 5.56 Å². The quantitative estimate of drug-likeness (QED) is 0.543. The van der Waals surface area contributed by atoms with Crippen LogP contribution in [0.25, 0.3) is 0 Å². The molecule has 0 heterocycles. The van der Waals surface area contributed by atoms with Crippen LogP contribution in [0.4, 0.5) is 0 Å². The Morgan fingerprint density at radius 3 is 1.65 bits per heavy atom. The molecular weight excluding hydrogens is 348 g/mol. The molecule has 0 radical (unpaired) electrons. The van der Waals surface area contributed by atoms with Crippen LogP contribution in [-0.4, -0.2) is 14.2 Å². The summed E-state index contributed by atoms with van der Waals surface area (Å²) in [5.41, 5.74) is 2.24. The Balaban J connectivity index is 0.000000290. The number of hydrogen-bond acceptors (Lipinski definition) is 4. The number of carbonyl (C=O) groups is 1. The molecule has 26 heavy (non-hydrogen) atoms. The maximum absolute atomic E-state index is 12.3. The molecule has 0 saturated heterocycles. The lowest BCUT2D eigenvalue weighted by atomic mass is 10.0. The van der Waals surface area contributed by atoms with Gasteiger partial charge in [-0.3, -0.25) is 8.98 Å². The highest BCUT2D eigenvalue weighted by molar-refractivity contribution is 7.67. The average molecular weight is 368 g/mol. The lowest BCUT2D eigenvalue weighted by Crippen LogP contribution is -2.15. The highest BCUT2D eigenvalue weighted by Gasteiger charge is 2.23. The topological polar surface area (TPSA) is 60.4 Å². The summed E-state index contributed by atoms with van der Waals surface area (Å²) in [6, 6.07) is 27.3. The average Bonchev–Trinajstić information content (AvgIpc) is 2.68. The largest absolute Gasteiger partial charge is 0.291 e. The zero-order valence-corrected chi connectivity index (χ0v) is 15.2. The fraction of sp³-hybridized carbons (Fsp3) is 0.0952. The van der Waals surface area contributed by atoms with Gasteiger partial charge < -0.3 is 0 Å². The van der Waals surface area contributed by atoms with Crippen molar-refractivity contribution in [3.63, 3.8) is 0 Å². The van der Waals surface area contributed by atoms with Crippen molar-refractivity contribution in [3.8, 4) is 0 Å². The summed E-state index contributed by atoms with van der Waals surface area (Å²) in [5.74, 6) is -0.383. The third-order valence-corrected chi connectivity index (χ3v) is 3.91. The highest BCUT2D eigenvalue weighted by atomic mass is 32.2. The monoisotopic (exact) mass is 368 g/mol. The highest BCUT2D eigenvalue weighted by Crippen LogP contribution is 2.22. The normalized spacial score (nSPS) is 11.3. The Hall–Kier alpha value is -2.76. The van der Waals surface area contributed by atoms with Crippen molar-refractivity contribution < 1.29 is 17.4 Å². The molecule has 0 aromatic heterocycles.